The molecule has 21 heavy (non-hydrogen) atoms. The highest BCUT2D eigenvalue weighted by atomic mass is 79.9. The van der Waals surface area contributed by atoms with Gasteiger partial charge in [0.25, 0.3) is 5.91 Å². The maximum atomic E-state index is 12.2. The van der Waals surface area contributed by atoms with E-state index in [0.29, 0.717) is 15.9 Å². The van der Waals surface area contributed by atoms with Gasteiger partial charge in [-0.2, -0.15) is 0 Å². The molecular formula is C14H9BrClN3OS. The Balaban J connectivity index is 1.94. The number of fused-ring (bicyclic) bond motifs is 1. The molecule has 7 heteroatoms. The quantitative estimate of drug-likeness (QED) is 0.701. The normalized spacial score (nSPS) is 10.8. The average Bonchev–Trinajstić information content (AvgIpc) is 2.79. The summed E-state index contributed by atoms with van der Waals surface area (Å²) in [6, 6.07) is 9.17. The van der Waals surface area contributed by atoms with Gasteiger partial charge in [-0.05, 0) is 46.6 Å². The third kappa shape index (κ3) is 2.92. The molecule has 0 unspecified atom stereocenters. The summed E-state index contributed by atoms with van der Waals surface area (Å²) in [6.45, 7) is 1.93. The Kier molecular flexibility index (Phi) is 3.93. The summed E-state index contributed by atoms with van der Waals surface area (Å²) in [5.74, 6) is 0.0165. The Bertz CT molecular complexity index is 830. The molecule has 0 fully saturated rings. The summed E-state index contributed by atoms with van der Waals surface area (Å²) in [7, 11) is 0. The van der Waals surface area contributed by atoms with Crippen LogP contribution in [0.5, 0.6) is 0 Å². The van der Waals surface area contributed by atoms with Gasteiger partial charge in [0.15, 0.2) is 11.0 Å². The number of aryl methyl sites for hydroxylation is 1. The molecule has 1 aromatic carbocycles. The molecule has 3 rings (SSSR count). The van der Waals surface area contributed by atoms with Crippen LogP contribution in [0.3, 0.4) is 0 Å². The summed E-state index contributed by atoms with van der Waals surface area (Å²) in [4.78, 5) is 21.4. The second-order valence-electron chi connectivity index (χ2n) is 4.37. The number of carbonyl (C=O) groups excluding carboxylic acids is 1. The van der Waals surface area contributed by atoms with E-state index in [-0.39, 0.29) is 16.9 Å². The molecule has 106 valence electrons. The largest absolute Gasteiger partial charge is 0.303 e. The molecule has 3 aromatic rings. The molecule has 0 aliphatic rings. The third-order valence-electron chi connectivity index (χ3n) is 2.84. The lowest BCUT2D eigenvalue weighted by atomic mass is 10.3. The van der Waals surface area contributed by atoms with Crippen LogP contribution in [0, 0.1) is 6.92 Å². The number of anilines is 1. The van der Waals surface area contributed by atoms with Gasteiger partial charge in [0.2, 0.25) is 0 Å². The van der Waals surface area contributed by atoms with Crippen molar-refractivity contribution in [1.29, 1.82) is 0 Å². The molecule has 0 atom stereocenters. The molecule has 4 nitrogen and oxygen atoms in total. The minimum absolute atomic E-state index is 0.175. The van der Waals surface area contributed by atoms with Crippen LogP contribution in [0.2, 0.25) is 5.15 Å². The number of hydrogen-bond acceptors (Lipinski definition) is 4. The van der Waals surface area contributed by atoms with Gasteiger partial charge in [-0.15, -0.1) is 11.3 Å². The molecule has 0 aliphatic carbocycles. The molecule has 0 radical (unpaired) electrons. The smallest absolute Gasteiger partial charge is 0.267 e. The van der Waals surface area contributed by atoms with Gasteiger partial charge in [0.05, 0.1) is 19.7 Å². The summed E-state index contributed by atoms with van der Waals surface area (Å²) < 4.78 is 0.934. The molecular weight excluding hydrogens is 374 g/mol. The lowest BCUT2D eigenvalue weighted by Gasteiger charge is -2.06. The Morgan fingerprint density at radius 2 is 1.95 bits per heavy atom. The number of hydrogen-bond donors (Lipinski definition) is 1. The van der Waals surface area contributed by atoms with Gasteiger partial charge in [0.1, 0.15) is 0 Å². The number of halogens is 2. The van der Waals surface area contributed by atoms with E-state index in [2.05, 4.69) is 31.2 Å². The van der Waals surface area contributed by atoms with Crippen LogP contribution in [0.1, 0.15) is 15.2 Å². The number of benzene rings is 1. The van der Waals surface area contributed by atoms with E-state index in [0.717, 1.165) is 9.35 Å². The van der Waals surface area contributed by atoms with Gasteiger partial charge in [-0.25, -0.2) is 9.97 Å². The lowest BCUT2D eigenvalue weighted by Crippen LogP contribution is -2.12. The highest BCUT2D eigenvalue weighted by Crippen LogP contribution is 2.28. The predicted octanol–water partition coefficient (Wildman–Crippen LogP) is 4.67. The van der Waals surface area contributed by atoms with Crippen LogP contribution < -0.4 is 5.32 Å². The molecule has 0 bridgehead atoms. The molecule has 0 aliphatic heterocycles. The number of nitrogens with one attached hydrogen (secondary N) is 1. The molecule has 1 N–H and O–H groups in total. The second-order valence-corrected chi connectivity index (χ2v) is 7.10. The van der Waals surface area contributed by atoms with Gasteiger partial charge < -0.3 is 5.32 Å². The molecule has 2 heterocycles. The molecule has 0 saturated heterocycles. The van der Waals surface area contributed by atoms with E-state index in [4.69, 9.17) is 11.6 Å². The van der Waals surface area contributed by atoms with Gasteiger partial charge in [0, 0.05) is 0 Å². The van der Waals surface area contributed by atoms with Gasteiger partial charge in [-0.3, -0.25) is 4.79 Å². The highest BCUT2D eigenvalue weighted by molar-refractivity contribution is 9.11. The standard InChI is InChI=1S/C14H9BrClN3OS/c1-7-6-10(21-11(7)15)14(20)19-13-12(16)17-8-4-2-3-5-9(8)18-13/h2-6H,1H3,(H,18,19,20). The fourth-order valence-electron chi connectivity index (χ4n) is 1.80. The molecule has 2 aromatic heterocycles. The summed E-state index contributed by atoms with van der Waals surface area (Å²) in [5.41, 5.74) is 2.39. The van der Waals surface area contributed by atoms with E-state index in [1.54, 1.807) is 0 Å². The number of thiophene rings is 1. The van der Waals surface area contributed by atoms with Crippen molar-refractivity contribution in [3.05, 3.63) is 49.7 Å². The summed E-state index contributed by atoms with van der Waals surface area (Å²) in [5, 5.41) is 2.88. The topological polar surface area (TPSA) is 54.9 Å². The minimum Gasteiger partial charge on any atom is -0.303 e. The van der Waals surface area contributed by atoms with Crippen molar-refractivity contribution in [2.75, 3.05) is 5.32 Å². The van der Waals surface area contributed by atoms with Crippen molar-refractivity contribution >= 4 is 61.6 Å². The van der Waals surface area contributed by atoms with Crippen molar-refractivity contribution < 1.29 is 4.79 Å². The number of para-hydroxylation sites is 2. The Hall–Kier alpha value is -1.50. The van der Waals surface area contributed by atoms with Crippen LogP contribution in [-0.2, 0) is 0 Å². The lowest BCUT2D eigenvalue weighted by molar-refractivity contribution is 0.103. The first-order valence-electron chi connectivity index (χ1n) is 6.04. The number of amides is 1. The predicted molar refractivity (Wildman–Crippen MR) is 89.3 cm³/mol. The first-order chi connectivity index (χ1) is 10.0. The van der Waals surface area contributed by atoms with E-state index in [1.807, 2.05) is 37.3 Å². The Morgan fingerprint density at radius 1 is 1.29 bits per heavy atom. The maximum Gasteiger partial charge on any atom is 0.267 e. The van der Waals surface area contributed by atoms with Crippen LogP contribution >= 0.6 is 38.9 Å². The van der Waals surface area contributed by atoms with Crippen LogP contribution in [-0.4, -0.2) is 15.9 Å². The van der Waals surface area contributed by atoms with Crippen molar-refractivity contribution in [3.63, 3.8) is 0 Å². The first kappa shape index (κ1) is 14.4. The zero-order chi connectivity index (χ0) is 15.0. The number of nitrogens with zero attached hydrogens (tertiary/aromatic N) is 2. The van der Waals surface area contributed by atoms with Crippen LogP contribution in [0.4, 0.5) is 5.82 Å². The van der Waals surface area contributed by atoms with Crippen molar-refractivity contribution in [1.82, 2.24) is 9.97 Å². The van der Waals surface area contributed by atoms with Crippen LogP contribution in [0.15, 0.2) is 34.1 Å². The molecule has 0 saturated carbocycles. The maximum absolute atomic E-state index is 12.2. The Labute approximate surface area is 138 Å². The van der Waals surface area contributed by atoms with E-state index < -0.39 is 0 Å². The van der Waals surface area contributed by atoms with E-state index in [1.165, 1.54) is 11.3 Å². The zero-order valence-electron chi connectivity index (χ0n) is 10.9. The fourth-order valence-corrected chi connectivity index (χ4v) is 3.41. The average molecular weight is 383 g/mol. The summed E-state index contributed by atoms with van der Waals surface area (Å²) >= 11 is 10.8. The molecule has 1 amide bonds. The minimum atomic E-state index is -0.250. The van der Waals surface area contributed by atoms with E-state index >= 15 is 0 Å². The third-order valence-corrected chi connectivity index (χ3v) is 5.24. The summed E-state index contributed by atoms with van der Waals surface area (Å²) in [6.07, 6.45) is 0. The van der Waals surface area contributed by atoms with Crippen molar-refractivity contribution in [3.8, 4) is 0 Å². The monoisotopic (exact) mass is 381 g/mol. The van der Waals surface area contributed by atoms with Gasteiger partial charge >= 0.3 is 0 Å². The second kappa shape index (κ2) is 5.71. The highest BCUT2D eigenvalue weighted by Gasteiger charge is 2.15. The number of aromatic nitrogens is 2. The zero-order valence-corrected chi connectivity index (χ0v) is 14.0. The first-order valence-corrected chi connectivity index (χ1v) is 8.03. The Morgan fingerprint density at radius 3 is 2.57 bits per heavy atom. The van der Waals surface area contributed by atoms with Crippen LogP contribution in [0.25, 0.3) is 11.0 Å². The number of carbonyl (C=O) groups is 1. The van der Waals surface area contributed by atoms with E-state index in [9.17, 15) is 4.79 Å². The van der Waals surface area contributed by atoms with Gasteiger partial charge in [-0.1, -0.05) is 23.7 Å². The van der Waals surface area contributed by atoms with Crippen molar-refractivity contribution in [2.24, 2.45) is 0 Å². The fraction of sp³-hybridized carbons (Fsp3) is 0.0714. The van der Waals surface area contributed by atoms with Crippen molar-refractivity contribution in [2.45, 2.75) is 6.92 Å². The molecule has 0 spiro atoms. The SMILES string of the molecule is Cc1cc(C(=O)Nc2nc3ccccc3nc2Cl)sc1Br. The number of rotatable bonds is 2.